The average Bonchev–Trinajstić information content (AvgIpc) is 3.55. The number of amides is 2. The second-order valence-corrected chi connectivity index (χ2v) is 11.4. The predicted molar refractivity (Wildman–Crippen MR) is 151 cm³/mol. The van der Waals surface area contributed by atoms with Crippen LogP contribution in [0.25, 0.3) is 0 Å². The zero-order valence-corrected chi connectivity index (χ0v) is 23.0. The molecule has 3 N–H and O–H groups in total. The summed E-state index contributed by atoms with van der Waals surface area (Å²) in [7, 11) is 1.57. The fourth-order valence-electron chi connectivity index (χ4n) is 6.41. The number of hydrogen-bond acceptors (Lipinski definition) is 6. The molecule has 4 atom stereocenters. The lowest BCUT2D eigenvalue weighted by Crippen LogP contribution is -2.50. The standard InChI is InChI=1S/C31H38N6O3/c1-40-29-15-22(13-14-23(29)17-32)31(39)36-18-24(37-19-27(34-35-37)21-11-12-21)16-28(36)30(38)33-26-10-6-5-9-25(26)20-7-3-2-4-8-20/h2-4,7-8,13-15,19,21,24-26,28H,5-6,9-12,16-18,32H2,1H3,(H,33,38)/t24-,25+,26-,28-/m0/s1. The first kappa shape index (κ1) is 26.5. The van der Waals surface area contributed by atoms with Gasteiger partial charge in [0.25, 0.3) is 5.91 Å². The van der Waals surface area contributed by atoms with E-state index >= 15 is 0 Å². The Morgan fingerprint density at radius 1 is 1.07 bits per heavy atom. The lowest BCUT2D eigenvalue weighted by Gasteiger charge is -2.34. The number of methoxy groups -OCH3 is 1. The molecule has 0 unspecified atom stereocenters. The number of rotatable bonds is 8. The molecule has 1 aromatic heterocycles. The first-order valence-corrected chi connectivity index (χ1v) is 14.5. The highest BCUT2D eigenvalue weighted by molar-refractivity contribution is 5.98. The third-order valence-electron chi connectivity index (χ3n) is 8.82. The molecule has 9 nitrogen and oxygen atoms in total. The summed E-state index contributed by atoms with van der Waals surface area (Å²) in [5.74, 6) is 1.03. The van der Waals surface area contributed by atoms with Crippen LogP contribution in [0, 0.1) is 0 Å². The second kappa shape index (κ2) is 11.4. The van der Waals surface area contributed by atoms with Crippen LogP contribution in [0.1, 0.15) is 90.0 Å². The van der Waals surface area contributed by atoms with Crippen molar-refractivity contribution in [2.24, 2.45) is 5.73 Å². The summed E-state index contributed by atoms with van der Waals surface area (Å²) in [5.41, 5.74) is 9.40. The van der Waals surface area contributed by atoms with Crippen molar-refractivity contribution in [3.05, 3.63) is 77.1 Å². The molecule has 3 aliphatic rings. The molecule has 1 aliphatic heterocycles. The van der Waals surface area contributed by atoms with Crippen LogP contribution in [0.3, 0.4) is 0 Å². The van der Waals surface area contributed by atoms with E-state index < -0.39 is 6.04 Å². The fourth-order valence-corrected chi connectivity index (χ4v) is 6.41. The van der Waals surface area contributed by atoms with Gasteiger partial charge in [0.2, 0.25) is 5.91 Å². The molecule has 2 amide bonds. The van der Waals surface area contributed by atoms with Crippen molar-refractivity contribution in [2.75, 3.05) is 13.7 Å². The maximum absolute atomic E-state index is 14.0. The highest BCUT2D eigenvalue weighted by Gasteiger charge is 2.43. The molecule has 9 heteroatoms. The van der Waals surface area contributed by atoms with Gasteiger partial charge >= 0.3 is 0 Å². The van der Waals surface area contributed by atoms with Crippen LogP contribution >= 0.6 is 0 Å². The minimum Gasteiger partial charge on any atom is -0.496 e. The number of nitrogens with two attached hydrogens (primary N) is 1. The van der Waals surface area contributed by atoms with E-state index in [0.717, 1.165) is 49.8 Å². The maximum Gasteiger partial charge on any atom is 0.254 e. The summed E-state index contributed by atoms with van der Waals surface area (Å²) >= 11 is 0. The summed E-state index contributed by atoms with van der Waals surface area (Å²) in [4.78, 5) is 29.6. The normalized spacial score (nSPS) is 24.6. The Kier molecular flexibility index (Phi) is 7.56. The Morgan fingerprint density at radius 3 is 2.62 bits per heavy atom. The number of benzene rings is 2. The Hall–Kier alpha value is -3.72. The zero-order valence-electron chi connectivity index (χ0n) is 23.0. The van der Waals surface area contributed by atoms with Crippen LogP contribution in [0.4, 0.5) is 0 Å². The van der Waals surface area contributed by atoms with E-state index in [2.05, 4.69) is 39.9 Å². The van der Waals surface area contributed by atoms with E-state index in [1.54, 1.807) is 24.1 Å². The molecule has 2 aromatic carbocycles. The number of nitrogens with zero attached hydrogens (tertiary/aromatic N) is 4. The molecule has 210 valence electrons. The number of nitrogens with one attached hydrogen (secondary N) is 1. The maximum atomic E-state index is 14.0. The van der Waals surface area contributed by atoms with E-state index in [-0.39, 0.29) is 29.8 Å². The van der Waals surface area contributed by atoms with Gasteiger partial charge in [0.15, 0.2) is 0 Å². The minimum absolute atomic E-state index is 0.0384. The monoisotopic (exact) mass is 542 g/mol. The molecule has 3 aromatic rings. The number of aromatic nitrogens is 3. The number of ether oxygens (including phenoxy) is 1. The summed E-state index contributed by atoms with van der Waals surface area (Å²) in [6.45, 7) is 0.701. The number of likely N-dealkylation sites (tertiary alicyclic amines) is 1. The van der Waals surface area contributed by atoms with E-state index in [1.807, 2.05) is 23.0 Å². The Labute approximate surface area is 235 Å². The third-order valence-corrected chi connectivity index (χ3v) is 8.82. The molecule has 2 heterocycles. The predicted octanol–water partition coefficient (Wildman–Crippen LogP) is 3.92. The average molecular weight is 543 g/mol. The Balaban J connectivity index is 1.26. The van der Waals surface area contributed by atoms with Crippen LogP contribution in [0.2, 0.25) is 0 Å². The van der Waals surface area contributed by atoms with E-state index in [4.69, 9.17) is 10.5 Å². The van der Waals surface area contributed by atoms with Crippen molar-refractivity contribution in [2.45, 2.75) is 81.5 Å². The van der Waals surface area contributed by atoms with Gasteiger partial charge in [-0.05, 0) is 43.4 Å². The first-order chi connectivity index (χ1) is 19.6. The first-order valence-electron chi connectivity index (χ1n) is 14.5. The number of hydrogen-bond donors (Lipinski definition) is 2. The quantitative estimate of drug-likeness (QED) is 0.446. The lowest BCUT2D eigenvalue weighted by molar-refractivity contribution is -0.126. The summed E-state index contributed by atoms with van der Waals surface area (Å²) in [6, 6.07) is 15.1. The van der Waals surface area contributed by atoms with E-state index in [0.29, 0.717) is 36.7 Å². The van der Waals surface area contributed by atoms with Gasteiger partial charge in [-0.15, -0.1) is 5.10 Å². The van der Waals surface area contributed by atoms with Crippen molar-refractivity contribution in [3.63, 3.8) is 0 Å². The molecular weight excluding hydrogens is 504 g/mol. The lowest BCUT2D eigenvalue weighted by atomic mass is 9.80. The van der Waals surface area contributed by atoms with Crippen LogP contribution in [0.5, 0.6) is 5.75 Å². The van der Waals surface area contributed by atoms with Crippen molar-refractivity contribution in [3.8, 4) is 5.75 Å². The molecule has 40 heavy (non-hydrogen) atoms. The van der Waals surface area contributed by atoms with Crippen molar-refractivity contribution in [1.82, 2.24) is 25.2 Å². The van der Waals surface area contributed by atoms with Crippen LogP contribution in [-0.2, 0) is 11.3 Å². The SMILES string of the molecule is COc1cc(C(=O)N2C[C@@H](n3cc(C4CC4)nn3)C[C@H]2C(=O)N[C@H]2CCCC[C@@H]2c2ccccc2)ccc1CN. The minimum atomic E-state index is -0.607. The van der Waals surface area contributed by atoms with Gasteiger partial charge in [-0.3, -0.25) is 9.59 Å². The largest absolute Gasteiger partial charge is 0.496 e. The molecule has 2 aliphatic carbocycles. The molecular formula is C31H38N6O3. The Morgan fingerprint density at radius 2 is 1.88 bits per heavy atom. The molecule has 2 saturated carbocycles. The van der Waals surface area contributed by atoms with E-state index in [1.165, 1.54) is 5.56 Å². The van der Waals surface area contributed by atoms with Crippen LogP contribution < -0.4 is 15.8 Å². The third kappa shape index (κ3) is 5.35. The highest BCUT2D eigenvalue weighted by atomic mass is 16.5. The van der Waals surface area contributed by atoms with Crippen molar-refractivity contribution >= 4 is 11.8 Å². The van der Waals surface area contributed by atoms with Gasteiger partial charge in [0.05, 0.1) is 18.8 Å². The van der Waals surface area contributed by atoms with Crippen molar-refractivity contribution in [1.29, 1.82) is 0 Å². The fraction of sp³-hybridized carbons (Fsp3) is 0.484. The van der Waals surface area contributed by atoms with Crippen molar-refractivity contribution < 1.29 is 14.3 Å². The number of carbonyl (C=O) groups excluding carboxylic acids is 2. The molecule has 3 fully saturated rings. The summed E-state index contributed by atoms with van der Waals surface area (Å²) < 4.78 is 7.34. The topological polar surface area (TPSA) is 115 Å². The zero-order chi connectivity index (χ0) is 27.6. The van der Waals surface area contributed by atoms with Gasteiger partial charge < -0.3 is 20.7 Å². The van der Waals surface area contributed by atoms with Gasteiger partial charge in [0.1, 0.15) is 11.8 Å². The van der Waals surface area contributed by atoms with Crippen LogP contribution in [-0.4, -0.2) is 57.4 Å². The second-order valence-electron chi connectivity index (χ2n) is 11.4. The summed E-state index contributed by atoms with van der Waals surface area (Å²) in [5, 5.41) is 12.2. The van der Waals surface area contributed by atoms with Gasteiger partial charge in [-0.1, -0.05) is 54.5 Å². The molecule has 0 bridgehead atoms. The van der Waals surface area contributed by atoms with Crippen LogP contribution in [0.15, 0.2) is 54.7 Å². The summed E-state index contributed by atoms with van der Waals surface area (Å²) in [6.07, 6.45) is 8.98. The molecule has 0 spiro atoms. The highest BCUT2D eigenvalue weighted by Crippen LogP contribution is 2.40. The van der Waals surface area contributed by atoms with E-state index in [9.17, 15) is 9.59 Å². The van der Waals surface area contributed by atoms with Gasteiger partial charge in [-0.25, -0.2) is 4.68 Å². The Bertz CT molecular complexity index is 1350. The molecule has 6 rings (SSSR count). The number of carbonyl (C=O) groups is 2. The molecule has 1 saturated heterocycles. The molecule has 0 radical (unpaired) electrons. The van der Waals surface area contributed by atoms with Gasteiger partial charge in [-0.2, -0.15) is 0 Å². The smallest absolute Gasteiger partial charge is 0.254 e. The van der Waals surface area contributed by atoms with Gasteiger partial charge in [0, 0.05) is 54.7 Å².